The van der Waals surface area contributed by atoms with E-state index < -0.39 is 6.10 Å². The fraction of sp³-hybridized carbons (Fsp3) is 0.318. The number of para-hydroxylation sites is 1. The Bertz CT molecular complexity index is 910. The van der Waals surface area contributed by atoms with Crippen LogP contribution in [0.1, 0.15) is 28.6 Å². The second-order valence-corrected chi connectivity index (χ2v) is 7.07. The first kappa shape index (κ1) is 18.7. The van der Waals surface area contributed by atoms with Crippen LogP contribution in [0.2, 0.25) is 0 Å². The molecule has 1 atom stereocenters. The number of aliphatic hydroxyl groups excluding tert-OH is 2. The molecule has 28 heavy (non-hydrogen) atoms. The van der Waals surface area contributed by atoms with Gasteiger partial charge >= 0.3 is 0 Å². The van der Waals surface area contributed by atoms with E-state index in [0.717, 1.165) is 48.7 Å². The highest BCUT2D eigenvalue weighted by atomic mass is 16.5. The number of rotatable bonds is 7. The molecule has 1 aliphatic rings. The van der Waals surface area contributed by atoms with Gasteiger partial charge in [0.1, 0.15) is 18.5 Å². The van der Waals surface area contributed by atoms with E-state index >= 15 is 0 Å². The van der Waals surface area contributed by atoms with Gasteiger partial charge in [-0.15, -0.1) is 0 Å². The Hall–Kier alpha value is -2.67. The van der Waals surface area contributed by atoms with Gasteiger partial charge < -0.3 is 14.9 Å². The van der Waals surface area contributed by atoms with Gasteiger partial charge in [0, 0.05) is 25.2 Å². The molecule has 1 unspecified atom stereocenters. The number of nitrogens with zero attached hydrogens (tertiary/aromatic N) is 3. The van der Waals surface area contributed by atoms with Crippen LogP contribution in [-0.4, -0.2) is 38.0 Å². The summed E-state index contributed by atoms with van der Waals surface area (Å²) in [6, 6.07) is 20.2. The summed E-state index contributed by atoms with van der Waals surface area (Å²) >= 11 is 0. The van der Waals surface area contributed by atoms with E-state index in [1.807, 2.05) is 47.1 Å². The van der Waals surface area contributed by atoms with Crippen molar-refractivity contribution in [2.45, 2.75) is 32.3 Å². The van der Waals surface area contributed by atoms with Crippen molar-refractivity contribution in [2.75, 3.05) is 13.2 Å². The highest BCUT2D eigenvalue weighted by molar-refractivity contribution is 5.33. The predicted octanol–water partition coefficient (Wildman–Crippen LogP) is 2.50. The standard InChI is InChI=1S/C22H25N3O3/c26-15-21(27)20-12-19-14-24(10-11-25(19)23-20)13-18-8-4-5-9-22(18)28-16-17-6-2-1-3-7-17/h1-9,12,21,26-27H,10-11,13-16H2. The minimum atomic E-state index is -0.918. The summed E-state index contributed by atoms with van der Waals surface area (Å²) in [7, 11) is 0. The molecule has 0 spiro atoms. The van der Waals surface area contributed by atoms with E-state index in [4.69, 9.17) is 9.84 Å². The van der Waals surface area contributed by atoms with Crippen LogP contribution in [0, 0.1) is 0 Å². The lowest BCUT2D eigenvalue weighted by molar-refractivity contribution is 0.0915. The van der Waals surface area contributed by atoms with Crippen LogP contribution in [0.4, 0.5) is 0 Å². The maximum atomic E-state index is 9.81. The van der Waals surface area contributed by atoms with Crippen LogP contribution in [0.25, 0.3) is 0 Å². The van der Waals surface area contributed by atoms with Gasteiger partial charge in [-0.05, 0) is 17.7 Å². The van der Waals surface area contributed by atoms with Gasteiger partial charge in [0.2, 0.25) is 0 Å². The van der Waals surface area contributed by atoms with Gasteiger partial charge in [-0.1, -0.05) is 48.5 Å². The Morgan fingerprint density at radius 2 is 1.82 bits per heavy atom. The van der Waals surface area contributed by atoms with Crippen LogP contribution in [0.15, 0.2) is 60.7 Å². The molecule has 1 aliphatic heterocycles. The molecule has 2 aromatic carbocycles. The summed E-state index contributed by atoms with van der Waals surface area (Å²) in [4.78, 5) is 2.34. The van der Waals surface area contributed by atoms with Crippen LogP contribution in [-0.2, 0) is 26.2 Å². The van der Waals surface area contributed by atoms with Crippen LogP contribution >= 0.6 is 0 Å². The normalized spacial score (nSPS) is 15.2. The van der Waals surface area contributed by atoms with E-state index in [1.54, 1.807) is 0 Å². The van der Waals surface area contributed by atoms with Crippen molar-refractivity contribution in [2.24, 2.45) is 0 Å². The van der Waals surface area contributed by atoms with Crippen molar-refractivity contribution in [1.82, 2.24) is 14.7 Å². The Morgan fingerprint density at radius 1 is 1.04 bits per heavy atom. The van der Waals surface area contributed by atoms with Crippen molar-refractivity contribution in [3.05, 3.63) is 83.2 Å². The third-order valence-corrected chi connectivity index (χ3v) is 5.01. The van der Waals surface area contributed by atoms with Crippen LogP contribution < -0.4 is 4.74 Å². The summed E-state index contributed by atoms with van der Waals surface area (Å²) in [6.45, 7) is 3.41. The maximum absolute atomic E-state index is 9.81. The van der Waals surface area contributed by atoms with Crippen molar-refractivity contribution in [1.29, 1.82) is 0 Å². The number of fused-ring (bicyclic) bond motifs is 1. The van der Waals surface area contributed by atoms with E-state index in [2.05, 4.69) is 28.2 Å². The second-order valence-electron chi connectivity index (χ2n) is 7.07. The lowest BCUT2D eigenvalue weighted by Gasteiger charge is -2.28. The zero-order valence-electron chi connectivity index (χ0n) is 15.7. The fourth-order valence-electron chi connectivity index (χ4n) is 3.49. The average molecular weight is 379 g/mol. The van der Waals surface area contributed by atoms with E-state index in [-0.39, 0.29) is 6.61 Å². The summed E-state index contributed by atoms with van der Waals surface area (Å²) in [6.07, 6.45) is -0.918. The number of ether oxygens (including phenoxy) is 1. The molecular weight excluding hydrogens is 354 g/mol. The summed E-state index contributed by atoms with van der Waals surface area (Å²) in [5.41, 5.74) is 3.89. The summed E-state index contributed by atoms with van der Waals surface area (Å²) < 4.78 is 8.00. The molecule has 1 aromatic heterocycles. The molecule has 0 saturated carbocycles. The van der Waals surface area contributed by atoms with Gasteiger partial charge in [0.05, 0.1) is 24.5 Å². The molecule has 0 fully saturated rings. The molecule has 0 aliphatic carbocycles. The number of benzene rings is 2. The molecule has 6 nitrogen and oxygen atoms in total. The van der Waals surface area contributed by atoms with Gasteiger partial charge in [0.15, 0.2) is 0 Å². The molecule has 6 heteroatoms. The maximum Gasteiger partial charge on any atom is 0.124 e. The highest BCUT2D eigenvalue weighted by Crippen LogP contribution is 2.24. The molecule has 2 N–H and O–H groups in total. The van der Waals surface area contributed by atoms with Crippen molar-refractivity contribution in [3.8, 4) is 5.75 Å². The molecule has 146 valence electrons. The quantitative estimate of drug-likeness (QED) is 0.660. The zero-order chi connectivity index (χ0) is 19.3. The topological polar surface area (TPSA) is 70.8 Å². The highest BCUT2D eigenvalue weighted by Gasteiger charge is 2.21. The minimum Gasteiger partial charge on any atom is -0.489 e. The molecule has 2 heterocycles. The number of hydrogen-bond acceptors (Lipinski definition) is 5. The molecule has 3 aromatic rings. The molecule has 4 rings (SSSR count). The third-order valence-electron chi connectivity index (χ3n) is 5.01. The van der Waals surface area contributed by atoms with Crippen molar-refractivity contribution in [3.63, 3.8) is 0 Å². The van der Waals surface area contributed by atoms with Crippen molar-refractivity contribution < 1.29 is 14.9 Å². The largest absolute Gasteiger partial charge is 0.489 e. The minimum absolute atomic E-state index is 0.313. The Labute approximate surface area is 164 Å². The number of aliphatic hydroxyl groups is 2. The summed E-state index contributed by atoms with van der Waals surface area (Å²) in [5, 5.41) is 23.3. The number of aromatic nitrogens is 2. The molecular formula is C22H25N3O3. The Balaban J connectivity index is 1.43. The van der Waals surface area contributed by atoms with Crippen LogP contribution in [0.3, 0.4) is 0 Å². The Kier molecular flexibility index (Phi) is 5.71. The molecule has 0 radical (unpaired) electrons. The second kappa shape index (κ2) is 8.56. The van der Waals surface area contributed by atoms with Gasteiger partial charge in [-0.25, -0.2) is 0 Å². The SMILES string of the molecule is OCC(O)c1cc2n(n1)CCN(Cc1ccccc1OCc1ccccc1)C2. The number of hydrogen-bond donors (Lipinski definition) is 2. The first-order valence-electron chi connectivity index (χ1n) is 9.55. The lowest BCUT2D eigenvalue weighted by Crippen LogP contribution is -2.33. The van der Waals surface area contributed by atoms with Crippen molar-refractivity contribution >= 4 is 0 Å². The first-order valence-corrected chi connectivity index (χ1v) is 9.55. The smallest absolute Gasteiger partial charge is 0.124 e. The Morgan fingerprint density at radius 3 is 2.64 bits per heavy atom. The van der Waals surface area contributed by atoms with Gasteiger partial charge in [0.25, 0.3) is 0 Å². The lowest BCUT2D eigenvalue weighted by atomic mass is 10.1. The molecule has 0 amide bonds. The molecule has 0 saturated heterocycles. The summed E-state index contributed by atoms with van der Waals surface area (Å²) in [5.74, 6) is 0.904. The third kappa shape index (κ3) is 4.25. The van der Waals surface area contributed by atoms with E-state index in [0.29, 0.717) is 12.3 Å². The van der Waals surface area contributed by atoms with Crippen LogP contribution in [0.5, 0.6) is 5.75 Å². The fourth-order valence-corrected chi connectivity index (χ4v) is 3.49. The molecule has 0 bridgehead atoms. The monoisotopic (exact) mass is 379 g/mol. The van der Waals surface area contributed by atoms with Gasteiger partial charge in [-0.2, -0.15) is 5.10 Å². The zero-order valence-corrected chi connectivity index (χ0v) is 15.7. The first-order chi connectivity index (χ1) is 13.7. The predicted molar refractivity (Wildman–Crippen MR) is 106 cm³/mol. The van der Waals surface area contributed by atoms with E-state index in [9.17, 15) is 5.11 Å². The average Bonchev–Trinajstić information content (AvgIpc) is 3.17. The van der Waals surface area contributed by atoms with Gasteiger partial charge in [-0.3, -0.25) is 9.58 Å². The van der Waals surface area contributed by atoms with E-state index in [1.165, 1.54) is 0 Å².